The lowest BCUT2D eigenvalue weighted by Gasteiger charge is -2.20. The van der Waals surface area contributed by atoms with E-state index in [1.54, 1.807) is 19.2 Å². The summed E-state index contributed by atoms with van der Waals surface area (Å²) in [6.45, 7) is 2.73. The third-order valence-corrected chi connectivity index (χ3v) is 2.95. The van der Waals surface area contributed by atoms with Crippen molar-refractivity contribution in [2.75, 3.05) is 20.8 Å². The van der Waals surface area contributed by atoms with Crippen molar-refractivity contribution in [2.45, 2.75) is 19.4 Å². The largest absolute Gasteiger partial charge is 0.494 e. The molecule has 96 valence electrons. The number of rotatable bonds is 6. The lowest BCUT2D eigenvalue weighted by molar-refractivity contribution is 0.174. The molecular formula is C13H20FNO2. The molecule has 0 aliphatic rings. The molecule has 2 N–H and O–H groups in total. The fourth-order valence-electron chi connectivity index (χ4n) is 1.70. The second kappa shape index (κ2) is 6.57. The van der Waals surface area contributed by atoms with Crippen molar-refractivity contribution >= 4 is 0 Å². The Kier molecular flexibility index (Phi) is 5.38. The molecule has 0 amide bonds. The van der Waals surface area contributed by atoms with E-state index in [9.17, 15) is 4.39 Å². The van der Waals surface area contributed by atoms with Crippen molar-refractivity contribution in [2.24, 2.45) is 11.7 Å². The minimum Gasteiger partial charge on any atom is -0.494 e. The van der Waals surface area contributed by atoms with Crippen LogP contribution in [0.25, 0.3) is 0 Å². The van der Waals surface area contributed by atoms with E-state index >= 15 is 0 Å². The van der Waals surface area contributed by atoms with Gasteiger partial charge in [-0.2, -0.15) is 0 Å². The van der Waals surface area contributed by atoms with Crippen LogP contribution in [0, 0.1) is 11.7 Å². The summed E-state index contributed by atoms with van der Waals surface area (Å²) < 4.78 is 23.2. The van der Waals surface area contributed by atoms with E-state index in [1.807, 2.05) is 0 Å². The molecule has 0 fully saturated rings. The lowest BCUT2D eigenvalue weighted by Crippen LogP contribution is -2.20. The Morgan fingerprint density at radius 2 is 2.06 bits per heavy atom. The van der Waals surface area contributed by atoms with Gasteiger partial charge in [0.1, 0.15) is 0 Å². The summed E-state index contributed by atoms with van der Waals surface area (Å²) in [5.41, 5.74) is 7.00. The maximum Gasteiger partial charge on any atom is 0.165 e. The topological polar surface area (TPSA) is 44.5 Å². The first-order valence-corrected chi connectivity index (χ1v) is 5.68. The molecule has 0 aliphatic carbocycles. The summed E-state index contributed by atoms with van der Waals surface area (Å²) in [7, 11) is 3.11. The summed E-state index contributed by atoms with van der Waals surface area (Å²) in [5, 5.41) is 0. The first-order valence-electron chi connectivity index (χ1n) is 5.68. The highest BCUT2D eigenvalue weighted by Gasteiger charge is 2.16. The highest BCUT2D eigenvalue weighted by Crippen LogP contribution is 2.26. The number of halogens is 1. The zero-order valence-electron chi connectivity index (χ0n) is 10.6. The summed E-state index contributed by atoms with van der Waals surface area (Å²) in [6.07, 6.45) is 0.872. The number of hydrogen-bond donors (Lipinski definition) is 1. The van der Waals surface area contributed by atoms with Crippen LogP contribution in [0.15, 0.2) is 18.2 Å². The van der Waals surface area contributed by atoms with Gasteiger partial charge in [0.05, 0.1) is 7.11 Å². The Morgan fingerprint density at radius 1 is 1.35 bits per heavy atom. The Labute approximate surface area is 102 Å². The molecule has 0 heterocycles. The summed E-state index contributed by atoms with van der Waals surface area (Å²) in [5.74, 6) is 0.134. The number of benzene rings is 1. The predicted molar refractivity (Wildman–Crippen MR) is 65.5 cm³/mol. The van der Waals surface area contributed by atoms with E-state index in [0.717, 1.165) is 12.0 Å². The minimum absolute atomic E-state index is 0.139. The van der Waals surface area contributed by atoms with Crippen molar-refractivity contribution in [3.05, 3.63) is 29.6 Å². The van der Waals surface area contributed by atoms with Gasteiger partial charge in [0.2, 0.25) is 0 Å². The normalized spacial score (nSPS) is 14.4. The number of ether oxygens (including phenoxy) is 2. The molecule has 0 saturated carbocycles. The average molecular weight is 241 g/mol. The number of methoxy groups -OCH3 is 2. The van der Waals surface area contributed by atoms with Crippen LogP contribution in [0.4, 0.5) is 4.39 Å². The van der Waals surface area contributed by atoms with Gasteiger partial charge in [-0.1, -0.05) is 13.0 Å². The SMILES string of the molecule is COCCC(C)C(N)c1ccc(F)c(OC)c1. The van der Waals surface area contributed by atoms with Crippen molar-refractivity contribution in [3.63, 3.8) is 0 Å². The highest BCUT2D eigenvalue weighted by molar-refractivity contribution is 5.32. The van der Waals surface area contributed by atoms with Crippen molar-refractivity contribution in [1.82, 2.24) is 0 Å². The monoisotopic (exact) mass is 241 g/mol. The Balaban J connectivity index is 2.77. The molecule has 3 nitrogen and oxygen atoms in total. The second-order valence-electron chi connectivity index (χ2n) is 4.18. The van der Waals surface area contributed by atoms with Gasteiger partial charge >= 0.3 is 0 Å². The van der Waals surface area contributed by atoms with Gasteiger partial charge in [-0.25, -0.2) is 4.39 Å². The zero-order chi connectivity index (χ0) is 12.8. The standard InChI is InChI=1S/C13H20FNO2/c1-9(6-7-16-2)13(15)10-4-5-11(14)12(8-10)17-3/h4-5,8-9,13H,6-7,15H2,1-3H3. The zero-order valence-corrected chi connectivity index (χ0v) is 10.6. The first kappa shape index (κ1) is 13.9. The summed E-state index contributed by atoms with van der Waals surface area (Å²) in [6, 6.07) is 4.60. The van der Waals surface area contributed by atoms with Gasteiger partial charge in [-0.05, 0) is 30.0 Å². The van der Waals surface area contributed by atoms with Crippen LogP contribution in [-0.2, 0) is 4.74 Å². The van der Waals surface area contributed by atoms with Gasteiger partial charge in [-0.15, -0.1) is 0 Å². The first-order chi connectivity index (χ1) is 8.10. The molecule has 0 radical (unpaired) electrons. The molecule has 0 spiro atoms. The van der Waals surface area contributed by atoms with E-state index in [-0.39, 0.29) is 23.5 Å². The molecule has 0 bridgehead atoms. The van der Waals surface area contributed by atoms with Crippen LogP contribution in [0.5, 0.6) is 5.75 Å². The minimum atomic E-state index is -0.368. The fourth-order valence-corrected chi connectivity index (χ4v) is 1.70. The van der Waals surface area contributed by atoms with Gasteiger partial charge in [0.25, 0.3) is 0 Å². The third-order valence-electron chi connectivity index (χ3n) is 2.95. The molecular weight excluding hydrogens is 221 g/mol. The molecule has 17 heavy (non-hydrogen) atoms. The van der Waals surface area contributed by atoms with Gasteiger partial charge in [0.15, 0.2) is 11.6 Å². The van der Waals surface area contributed by atoms with Crippen molar-refractivity contribution in [1.29, 1.82) is 0 Å². The molecule has 1 aromatic rings. The van der Waals surface area contributed by atoms with Gasteiger partial charge in [0, 0.05) is 19.8 Å². The molecule has 1 aromatic carbocycles. The van der Waals surface area contributed by atoms with Crippen LogP contribution in [0.2, 0.25) is 0 Å². The van der Waals surface area contributed by atoms with E-state index in [2.05, 4.69) is 6.92 Å². The van der Waals surface area contributed by atoms with Gasteiger partial charge in [-0.3, -0.25) is 0 Å². The molecule has 0 aliphatic heterocycles. The molecule has 2 atom stereocenters. The second-order valence-corrected chi connectivity index (χ2v) is 4.18. The van der Waals surface area contributed by atoms with E-state index in [4.69, 9.17) is 15.2 Å². The fraction of sp³-hybridized carbons (Fsp3) is 0.538. The Hall–Kier alpha value is -1.13. The maximum absolute atomic E-state index is 13.3. The maximum atomic E-state index is 13.3. The van der Waals surface area contributed by atoms with Crippen LogP contribution in [-0.4, -0.2) is 20.8 Å². The predicted octanol–water partition coefficient (Wildman–Crippen LogP) is 2.51. The highest BCUT2D eigenvalue weighted by atomic mass is 19.1. The van der Waals surface area contributed by atoms with Crippen LogP contribution >= 0.6 is 0 Å². The van der Waals surface area contributed by atoms with Crippen LogP contribution < -0.4 is 10.5 Å². The Bertz CT molecular complexity index is 357. The van der Waals surface area contributed by atoms with Crippen molar-refractivity contribution < 1.29 is 13.9 Å². The smallest absolute Gasteiger partial charge is 0.165 e. The number of hydrogen-bond acceptors (Lipinski definition) is 3. The quantitative estimate of drug-likeness (QED) is 0.832. The molecule has 4 heteroatoms. The summed E-state index contributed by atoms with van der Waals surface area (Å²) in [4.78, 5) is 0. The Morgan fingerprint density at radius 3 is 2.65 bits per heavy atom. The van der Waals surface area contributed by atoms with E-state index in [1.165, 1.54) is 13.2 Å². The van der Waals surface area contributed by atoms with Gasteiger partial charge < -0.3 is 15.2 Å². The van der Waals surface area contributed by atoms with Crippen LogP contribution in [0.1, 0.15) is 24.9 Å². The third kappa shape index (κ3) is 3.68. The lowest BCUT2D eigenvalue weighted by atomic mass is 9.93. The van der Waals surface area contributed by atoms with Crippen LogP contribution in [0.3, 0.4) is 0 Å². The average Bonchev–Trinajstić information content (AvgIpc) is 2.35. The molecule has 0 aromatic heterocycles. The molecule has 0 saturated heterocycles. The molecule has 2 unspecified atom stereocenters. The number of nitrogens with two attached hydrogens (primary N) is 1. The molecule has 1 rings (SSSR count). The summed E-state index contributed by atoms with van der Waals surface area (Å²) >= 11 is 0. The van der Waals surface area contributed by atoms with Crippen molar-refractivity contribution in [3.8, 4) is 5.75 Å². The van der Waals surface area contributed by atoms with E-state index < -0.39 is 0 Å². The van der Waals surface area contributed by atoms with E-state index in [0.29, 0.717) is 6.61 Å².